The largest absolute Gasteiger partial charge is 0.423 e. The van der Waals surface area contributed by atoms with E-state index in [4.69, 9.17) is 9.47 Å². The summed E-state index contributed by atoms with van der Waals surface area (Å²) in [7, 11) is 0. The summed E-state index contributed by atoms with van der Waals surface area (Å²) in [6.45, 7) is 0. The molecule has 0 aromatic heterocycles. The molecule has 0 heterocycles. The van der Waals surface area contributed by atoms with Crippen LogP contribution in [0, 0.1) is 5.82 Å². The van der Waals surface area contributed by atoms with Gasteiger partial charge in [0.25, 0.3) is 0 Å². The van der Waals surface area contributed by atoms with E-state index >= 15 is 0 Å². The highest BCUT2D eigenvalue weighted by atomic mass is 19.1. The van der Waals surface area contributed by atoms with Crippen molar-refractivity contribution in [1.82, 2.24) is 0 Å². The minimum absolute atomic E-state index is 0.209. The molecule has 0 bridgehead atoms. The molecule has 3 rings (SSSR count). The number of hydrogen-bond acceptors (Lipinski definition) is 4. The van der Waals surface area contributed by atoms with Crippen LogP contribution in [0.5, 0.6) is 11.5 Å². The number of carbonyl (C=O) groups is 2. The maximum absolute atomic E-state index is 13.4. The van der Waals surface area contributed by atoms with E-state index < -0.39 is 17.8 Å². The Morgan fingerprint density at radius 1 is 0.720 bits per heavy atom. The van der Waals surface area contributed by atoms with Crippen LogP contribution >= 0.6 is 0 Å². The van der Waals surface area contributed by atoms with Crippen molar-refractivity contribution in [3.05, 3.63) is 84.7 Å². The summed E-state index contributed by atoms with van der Waals surface area (Å²) in [4.78, 5) is 23.5. The van der Waals surface area contributed by atoms with Gasteiger partial charge in [0.1, 0.15) is 5.75 Å². The van der Waals surface area contributed by atoms with Crippen molar-refractivity contribution in [1.29, 1.82) is 0 Å². The highest BCUT2D eigenvalue weighted by Crippen LogP contribution is 2.25. The first-order valence-electron chi connectivity index (χ1n) is 7.47. The van der Waals surface area contributed by atoms with Gasteiger partial charge in [0, 0.05) is 17.5 Å². The first kappa shape index (κ1) is 16.4. The lowest BCUT2D eigenvalue weighted by atomic mass is 10.1. The summed E-state index contributed by atoms with van der Waals surface area (Å²) >= 11 is 0. The molecular weight excluding hydrogens is 323 g/mol. The van der Waals surface area contributed by atoms with Gasteiger partial charge in [-0.1, -0.05) is 48.5 Å². The number of fused-ring (bicyclic) bond motifs is 1. The highest BCUT2D eigenvalue weighted by molar-refractivity contribution is 5.96. The minimum Gasteiger partial charge on any atom is -0.423 e. The Morgan fingerprint density at radius 3 is 2.04 bits per heavy atom. The summed E-state index contributed by atoms with van der Waals surface area (Å²) in [5.74, 6) is -2.10. The zero-order valence-corrected chi connectivity index (χ0v) is 13.0. The maximum Gasteiger partial charge on any atom is 0.336 e. The normalized spacial score (nSPS) is 10.8. The highest BCUT2D eigenvalue weighted by Gasteiger charge is 2.08. The lowest BCUT2D eigenvalue weighted by molar-refractivity contribution is -0.131. The summed E-state index contributed by atoms with van der Waals surface area (Å²) in [5, 5.41) is 1.71. The Labute approximate surface area is 143 Å². The van der Waals surface area contributed by atoms with Gasteiger partial charge in [0.2, 0.25) is 0 Å². The monoisotopic (exact) mass is 336 g/mol. The summed E-state index contributed by atoms with van der Waals surface area (Å²) < 4.78 is 23.4. The van der Waals surface area contributed by atoms with Crippen LogP contribution in [0.1, 0.15) is 0 Å². The molecule has 0 aliphatic heterocycles. The number of para-hydroxylation sites is 1. The van der Waals surface area contributed by atoms with Gasteiger partial charge in [0.15, 0.2) is 11.6 Å². The van der Waals surface area contributed by atoms with Gasteiger partial charge in [-0.3, -0.25) is 0 Å². The van der Waals surface area contributed by atoms with Gasteiger partial charge in [-0.25, -0.2) is 14.0 Å². The van der Waals surface area contributed by atoms with Crippen molar-refractivity contribution in [3.8, 4) is 11.5 Å². The number of rotatable bonds is 4. The molecule has 25 heavy (non-hydrogen) atoms. The zero-order valence-electron chi connectivity index (χ0n) is 13.0. The van der Waals surface area contributed by atoms with Crippen molar-refractivity contribution in [2.24, 2.45) is 0 Å². The number of carbonyl (C=O) groups excluding carboxylic acids is 2. The van der Waals surface area contributed by atoms with E-state index in [1.54, 1.807) is 12.1 Å². The van der Waals surface area contributed by atoms with Crippen molar-refractivity contribution in [2.75, 3.05) is 0 Å². The molecule has 0 radical (unpaired) electrons. The number of esters is 2. The molecule has 0 aliphatic rings. The molecule has 0 spiro atoms. The van der Waals surface area contributed by atoms with Crippen LogP contribution in [0.3, 0.4) is 0 Å². The van der Waals surface area contributed by atoms with E-state index in [1.807, 2.05) is 30.3 Å². The quantitative estimate of drug-likeness (QED) is 0.410. The topological polar surface area (TPSA) is 52.6 Å². The van der Waals surface area contributed by atoms with Crippen LogP contribution in [0.4, 0.5) is 4.39 Å². The van der Waals surface area contributed by atoms with Crippen molar-refractivity contribution >= 4 is 22.7 Å². The van der Waals surface area contributed by atoms with Crippen LogP contribution in [-0.4, -0.2) is 11.9 Å². The van der Waals surface area contributed by atoms with E-state index in [9.17, 15) is 14.0 Å². The smallest absolute Gasteiger partial charge is 0.336 e. The average molecular weight is 336 g/mol. The molecule has 5 heteroatoms. The van der Waals surface area contributed by atoms with E-state index in [0.717, 1.165) is 22.9 Å². The average Bonchev–Trinajstić information content (AvgIpc) is 2.62. The van der Waals surface area contributed by atoms with E-state index in [0.29, 0.717) is 5.75 Å². The molecule has 0 atom stereocenters. The van der Waals surface area contributed by atoms with Crippen LogP contribution in [0.25, 0.3) is 10.8 Å². The zero-order chi connectivity index (χ0) is 17.6. The van der Waals surface area contributed by atoms with E-state index in [1.165, 1.54) is 24.3 Å². The van der Waals surface area contributed by atoms with Crippen LogP contribution in [-0.2, 0) is 9.59 Å². The molecule has 0 fully saturated rings. The fraction of sp³-hybridized carbons (Fsp3) is 0. The summed E-state index contributed by atoms with van der Waals surface area (Å²) in [6.07, 6.45) is 1.82. The van der Waals surface area contributed by atoms with Gasteiger partial charge in [0.05, 0.1) is 0 Å². The Bertz CT molecular complexity index is 957. The third kappa shape index (κ3) is 4.09. The molecule has 3 aromatic rings. The molecular formula is C20H13FO4. The summed E-state index contributed by atoms with van der Waals surface area (Å²) in [6, 6.07) is 18.3. The van der Waals surface area contributed by atoms with Gasteiger partial charge >= 0.3 is 11.9 Å². The fourth-order valence-corrected chi connectivity index (χ4v) is 2.23. The van der Waals surface area contributed by atoms with Crippen molar-refractivity contribution in [3.63, 3.8) is 0 Å². The van der Waals surface area contributed by atoms with Crippen molar-refractivity contribution in [2.45, 2.75) is 0 Å². The second-order valence-electron chi connectivity index (χ2n) is 5.08. The van der Waals surface area contributed by atoms with Crippen LogP contribution in [0.2, 0.25) is 0 Å². The first-order chi connectivity index (χ1) is 12.1. The van der Waals surface area contributed by atoms with Crippen LogP contribution in [0.15, 0.2) is 78.9 Å². The van der Waals surface area contributed by atoms with Crippen molar-refractivity contribution < 1.29 is 23.5 Å². The molecule has 124 valence electrons. The number of benzene rings is 3. The second kappa shape index (κ2) is 7.40. The fourth-order valence-electron chi connectivity index (χ4n) is 2.23. The number of hydrogen-bond donors (Lipinski definition) is 0. The molecule has 0 N–H and O–H groups in total. The second-order valence-corrected chi connectivity index (χ2v) is 5.08. The molecule has 0 saturated heterocycles. The van der Waals surface area contributed by atoms with Gasteiger partial charge < -0.3 is 9.47 Å². The molecule has 0 aliphatic carbocycles. The van der Waals surface area contributed by atoms with Crippen LogP contribution < -0.4 is 9.47 Å². The van der Waals surface area contributed by atoms with E-state index in [2.05, 4.69) is 0 Å². The number of ether oxygens (including phenoxy) is 2. The van der Waals surface area contributed by atoms with Gasteiger partial charge in [-0.05, 0) is 23.6 Å². The molecule has 0 unspecified atom stereocenters. The third-order valence-electron chi connectivity index (χ3n) is 3.36. The molecule has 4 nitrogen and oxygen atoms in total. The molecule has 3 aromatic carbocycles. The SMILES string of the molecule is O=C(/C=C/C(=O)Oc1cccc2ccccc12)Oc1ccccc1F. The van der Waals surface area contributed by atoms with Gasteiger partial charge in [-0.2, -0.15) is 0 Å². The maximum atomic E-state index is 13.4. The third-order valence-corrected chi connectivity index (χ3v) is 3.36. The Hall–Kier alpha value is -3.47. The minimum atomic E-state index is -0.875. The predicted octanol–water partition coefficient (Wildman–Crippen LogP) is 4.05. The lowest BCUT2D eigenvalue weighted by Gasteiger charge is -2.05. The molecule has 0 saturated carbocycles. The summed E-state index contributed by atoms with van der Waals surface area (Å²) in [5.41, 5.74) is 0. The number of halogens is 1. The Kier molecular flexibility index (Phi) is 4.85. The Morgan fingerprint density at radius 2 is 1.28 bits per heavy atom. The predicted molar refractivity (Wildman–Crippen MR) is 90.8 cm³/mol. The lowest BCUT2D eigenvalue weighted by Crippen LogP contribution is -2.09. The van der Waals surface area contributed by atoms with E-state index in [-0.39, 0.29) is 5.75 Å². The molecule has 0 amide bonds. The van der Waals surface area contributed by atoms with Gasteiger partial charge in [-0.15, -0.1) is 0 Å². The Balaban J connectivity index is 1.66. The standard InChI is InChI=1S/C20H13FO4/c21-16-9-3-4-10-18(16)25-20(23)13-12-19(22)24-17-11-5-7-14-6-1-2-8-15(14)17/h1-13H/b13-12+. The first-order valence-corrected chi connectivity index (χ1v) is 7.47.